The van der Waals surface area contributed by atoms with Crippen LogP contribution in [-0.4, -0.2) is 29.7 Å². The first-order chi connectivity index (χ1) is 13.8. The number of hydrogen-bond donors (Lipinski definition) is 1. The van der Waals surface area contributed by atoms with Crippen molar-refractivity contribution in [1.82, 2.24) is 0 Å². The summed E-state index contributed by atoms with van der Waals surface area (Å²) < 4.78 is 13.1. The third-order valence-electron chi connectivity index (χ3n) is 10.8. The molecule has 0 amide bonds. The van der Waals surface area contributed by atoms with Crippen LogP contribution in [0, 0.1) is 40.4 Å². The van der Waals surface area contributed by atoms with E-state index in [1.165, 1.54) is 38.5 Å². The highest BCUT2D eigenvalue weighted by atomic mass is 16.7. The van der Waals surface area contributed by atoms with Gasteiger partial charge in [-0.2, -0.15) is 0 Å². The molecule has 5 fully saturated rings. The Hall–Kier alpha value is -0.380. The summed E-state index contributed by atoms with van der Waals surface area (Å²) in [6.07, 6.45) is 14.7. The Bertz CT molecular complexity index is 707. The Morgan fingerprint density at radius 3 is 2.69 bits per heavy atom. The van der Waals surface area contributed by atoms with Gasteiger partial charge in [0.2, 0.25) is 0 Å². The summed E-state index contributed by atoms with van der Waals surface area (Å²) in [7, 11) is 0. The van der Waals surface area contributed by atoms with Crippen LogP contribution < -0.4 is 0 Å². The minimum Gasteiger partial charge on any atom is -0.393 e. The Labute approximate surface area is 176 Å². The van der Waals surface area contributed by atoms with E-state index >= 15 is 0 Å². The minimum atomic E-state index is -0.252. The molecule has 3 nitrogen and oxygen atoms in total. The molecule has 3 saturated carbocycles. The highest BCUT2D eigenvalue weighted by molar-refractivity contribution is 5.26. The van der Waals surface area contributed by atoms with Crippen molar-refractivity contribution in [2.45, 2.75) is 103 Å². The molecule has 0 aromatic carbocycles. The van der Waals surface area contributed by atoms with E-state index < -0.39 is 0 Å². The van der Waals surface area contributed by atoms with Crippen LogP contribution in [0.5, 0.6) is 0 Å². The van der Waals surface area contributed by atoms with Crippen molar-refractivity contribution in [3.63, 3.8) is 0 Å². The number of aliphatic hydroxyl groups is 1. The second kappa shape index (κ2) is 6.33. The molecule has 2 saturated heterocycles. The molecule has 2 aliphatic heterocycles. The van der Waals surface area contributed by atoms with Crippen molar-refractivity contribution < 1.29 is 14.6 Å². The predicted octanol–water partition coefficient (Wildman–Crippen LogP) is 5.47. The maximum atomic E-state index is 10.2. The maximum absolute atomic E-state index is 10.2. The number of hydrogen-bond acceptors (Lipinski definition) is 3. The van der Waals surface area contributed by atoms with E-state index in [0.717, 1.165) is 50.0 Å². The van der Waals surface area contributed by atoms with E-state index in [1.54, 1.807) is 5.57 Å². The van der Waals surface area contributed by atoms with Gasteiger partial charge < -0.3 is 14.6 Å². The fourth-order valence-electron chi connectivity index (χ4n) is 9.06. The first kappa shape index (κ1) is 19.3. The molecular weight excluding hydrogens is 360 g/mol. The Balaban J connectivity index is 1.25. The molecule has 3 heteroatoms. The van der Waals surface area contributed by atoms with Crippen molar-refractivity contribution >= 4 is 0 Å². The lowest BCUT2D eigenvalue weighted by atomic mass is 9.47. The smallest absolute Gasteiger partial charge is 0.169 e. The monoisotopic (exact) mass is 400 g/mol. The van der Waals surface area contributed by atoms with Crippen molar-refractivity contribution in [1.29, 1.82) is 0 Å². The second-order valence-corrected chi connectivity index (χ2v) is 12.3. The van der Waals surface area contributed by atoms with Gasteiger partial charge in [-0.1, -0.05) is 32.4 Å². The highest BCUT2D eigenvalue weighted by Gasteiger charge is 2.65. The number of aliphatic hydroxyl groups excluding tert-OH is 1. The maximum Gasteiger partial charge on any atom is 0.169 e. The molecule has 0 aromatic heterocycles. The molecule has 1 N–H and O–H groups in total. The molecule has 1 spiro atoms. The van der Waals surface area contributed by atoms with Gasteiger partial charge in [0.1, 0.15) is 0 Å². The van der Waals surface area contributed by atoms with Gasteiger partial charge in [-0.05, 0) is 91.8 Å². The SMILES string of the molecule is CC1CCC2(CC3C(CC4C5CC=C6CC(O)CCC6(C)C5CCC34C)O2)OC1. The van der Waals surface area contributed by atoms with E-state index in [4.69, 9.17) is 9.47 Å². The second-order valence-electron chi connectivity index (χ2n) is 12.3. The number of ether oxygens (including phenoxy) is 2. The van der Waals surface area contributed by atoms with Crippen LogP contribution in [0.15, 0.2) is 11.6 Å². The van der Waals surface area contributed by atoms with Crippen LogP contribution in [-0.2, 0) is 9.47 Å². The summed E-state index contributed by atoms with van der Waals surface area (Å²) in [5, 5.41) is 10.2. The zero-order chi connectivity index (χ0) is 20.0. The van der Waals surface area contributed by atoms with Gasteiger partial charge in [0.05, 0.1) is 18.8 Å². The van der Waals surface area contributed by atoms with Crippen LogP contribution in [0.25, 0.3) is 0 Å². The normalized spacial score (nSPS) is 58.9. The van der Waals surface area contributed by atoms with Crippen LogP contribution in [0.1, 0.15) is 85.0 Å². The van der Waals surface area contributed by atoms with Crippen molar-refractivity contribution in [2.24, 2.45) is 40.4 Å². The first-order valence-corrected chi connectivity index (χ1v) is 12.5. The molecule has 0 aromatic rings. The van der Waals surface area contributed by atoms with E-state index in [1.807, 2.05) is 0 Å². The van der Waals surface area contributed by atoms with E-state index in [9.17, 15) is 5.11 Å². The van der Waals surface area contributed by atoms with Gasteiger partial charge >= 0.3 is 0 Å². The minimum absolute atomic E-state index is 0.103. The quantitative estimate of drug-likeness (QED) is 0.548. The van der Waals surface area contributed by atoms with Crippen molar-refractivity contribution in [3.8, 4) is 0 Å². The topological polar surface area (TPSA) is 38.7 Å². The van der Waals surface area contributed by atoms with Crippen LogP contribution in [0.4, 0.5) is 0 Å². The largest absolute Gasteiger partial charge is 0.393 e. The van der Waals surface area contributed by atoms with E-state index in [0.29, 0.717) is 28.8 Å². The van der Waals surface area contributed by atoms with Gasteiger partial charge in [-0.25, -0.2) is 0 Å². The van der Waals surface area contributed by atoms with Crippen LogP contribution in [0.2, 0.25) is 0 Å². The third-order valence-corrected chi connectivity index (χ3v) is 10.8. The first-order valence-electron chi connectivity index (χ1n) is 12.5. The van der Waals surface area contributed by atoms with Gasteiger partial charge in [-0.15, -0.1) is 0 Å². The predicted molar refractivity (Wildman–Crippen MR) is 113 cm³/mol. The summed E-state index contributed by atoms with van der Waals surface area (Å²) in [4.78, 5) is 0. The summed E-state index contributed by atoms with van der Waals surface area (Å²) >= 11 is 0. The number of rotatable bonds is 0. The van der Waals surface area contributed by atoms with Gasteiger partial charge in [-0.3, -0.25) is 0 Å². The fourth-order valence-corrected chi connectivity index (χ4v) is 9.06. The molecule has 10 atom stereocenters. The average Bonchev–Trinajstić information content (AvgIpc) is 3.18. The Morgan fingerprint density at radius 2 is 1.90 bits per heavy atom. The van der Waals surface area contributed by atoms with Crippen LogP contribution >= 0.6 is 0 Å². The lowest BCUT2D eigenvalue weighted by Crippen LogP contribution is -2.51. The molecular formula is C26H40O3. The summed E-state index contributed by atoms with van der Waals surface area (Å²) in [6, 6.07) is 0. The third kappa shape index (κ3) is 2.66. The summed E-state index contributed by atoms with van der Waals surface area (Å²) in [5.41, 5.74) is 2.35. The van der Waals surface area contributed by atoms with Gasteiger partial charge in [0.25, 0.3) is 0 Å². The standard InChI is InChI=1S/C26H40O3/c1-16-6-11-26(28-15-16)14-22-23(29-26)13-21-19-5-4-17-12-18(27)7-9-24(17,2)20(19)8-10-25(21,22)3/h4,16,18-23,27H,5-15H2,1-3H3. The summed E-state index contributed by atoms with van der Waals surface area (Å²) in [5.74, 6) is 3.55. The molecule has 10 unspecified atom stereocenters. The lowest BCUT2D eigenvalue weighted by Gasteiger charge is -2.58. The number of fused-ring (bicyclic) bond motifs is 7. The molecule has 6 rings (SSSR count). The summed E-state index contributed by atoms with van der Waals surface area (Å²) in [6.45, 7) is 8.32. The van der Waals surface area contributed by atoms with E-state index in [2.05, 4.69) is 26.8 Å². The molecule has 6 aliphatic rings. The fraction of sp³-hybridized carbons (Fsp3) is 0.923. The average molecular weight is 401 g/mol. The molecule has 2 heterocycles. The number of allylic oxidation sites excluding steroid dienone is 1. The molecule has 162 valence electrons. The van der Waals surface area contributed by atoms with Crippen LogP contribution in [0.3, 0.4) is 0 Å². The zero-order valence-corrected chi connectivity index (χ0v) is 18.7. The molecule has 4 aliphatic carbocycles. The molecule has 0 bridgehead atoms. The van der Waals surface area contributed by atoms with Crippen molar-refractivity contribution in [2.75, 3.05) is 6.61 Å². The van der Waals surface area contributed by atoms with E-state index in [-0.39, 0.29) is 11.9 Å². The van der Waals surface area contributed by atoms with Gasteiger partial charge in [0.15, 0.2) is 5.79 Å². The Kier molecular flexibility index (Phi) is 4.21. The Morgan fingerprint density at radius 1 is 1.03 bits per heavy atom. The molecule has 0 radical (unpaired) electrons. The zero-order valence-electron chi connectivity index (χ0n) is 18.7. The lowest BCUT2D eigenvalue weighted by molar-refractivity contribution is -0.255. The highest BCUT2D eigenvalue weighted by Crippen LogP contribution is 2.69. The van der Waals surface area contributed by atoms with Gasteiger partial charge in [0, 0.05) is 12.8 Å². The van der Waals surface area contributed by atoms with Crippen molar-refractivity contribution in [3.05, 3.63) is 11.6 Å². The molecule has 29 heavy (non-hydrogen) atoms.